The van der Waals surface area contributed by atoms with Crippen LogP contribution in [0.5, 0.6) is 0 Å². The summed E-state index contributed by atoms with van der Waals surface area (Å²) in [6.07, 6.45) is 2.10. The first-order valence-electron chi connectivity index (χ1n) is 6.84. The Balaban J connectivity index is 2.27. The minimum Gasteiger partial charge on any atom is -0.438 e. The second-order valence-corrected chi connectivity index (χ2v) is 5.37. The Morgan fingerprint density at radius 1 is 1.45 bits per heavy atom. The van der Waals surface area contributed by atoms with E-state index in [2.05, 4.69) is 4.98 Å². The fourth-order valence-corrected chi connectivity index (χ4v) is 2.84. The van der Waals surface area contributed by atoms with Gasteiger partial charge < -0.3 is 14.7 Å². The van der Waals surface area contributed by atoms with E-state index in [1.165, 1.54) is 0 Å². The van der Waals surface area contributed by atoms with E-state index in [1.807, 2.05) is 29.7 Å². The third kappa shape index (κ3) is 1.47. The van der Waals surface area contributed by atoms with Crippen molar-refractivity contribution in [3.63, 3.8) is 0 Å². The number of hydrogen-bond acceptors (Lipinski definition) is 4. The lowest BCUT2D eigenvalue weighted by Crippen LogP contribution is -2.20. The number of nitrogens with zero attached hydrogens (tertiary/aromatic N) is 2. The predicted molar refractivity (Wildman–Crippen MR) is 76.7 cm³/mol. The lowest BCUT2D eigenvalue weighted by Gasteiger charge is -2.11. The molecule has 0 aliphatic heterocycles. The molecule has 2 N–H and O–H groups in total. The van der Waals surface area contributed by atoms with E-state index >= 15 is 0 Å². The highest BCUT2D eigenvalue weighted by Crippen LogP contribution is 2.38. The van der Waals surface area contributed by atoms with Gasteiger partial charge in [-0.1, -0.05) is 12.1 Å². The van der Waals surface area contributed by atoms with Crippen molar-refractivity contribution in [2.45, 2.75) is 32.4 Å². The highest BCUT2D eigenvalue weighted by molar-refractivity contribution is 6.02. The summed E-state index contributed by atoms with van der Waals surface area (Å²) in [4.78, 5) is 17.0. The van der Waals surface area contributed by atoms with Gasteiger partial charge in [0.25, 0.3) is 5.56 Å². The van der Waals surface area contributed by atoms with Crippen molar-refractivity contribution in [2.75, 3.05) is 0 Å². The molecular weight excluding hydrogens is 254 g/mol. The van der Waals surface area contributed by atoms with Crippen LogP contribution in [-0.2, 0) is 6.54 Å². The van der Waals surface area contributed by atoms with Crippen LogP contribution in [0, 0.1) is 6.92 Å². The molecule has 102 valence electrons. The lowest BCUT2D eigenvalue weighted by molar-refractivity contribution is 0.535. The highest BCUT2D eigenvalue weighted by atomic mass is 16.3. The van der Waals surface area contributed by atoms with Crippen LogP contribution in [0.4, 0.5) is 0 Å². The van der Waals surface area contributed by atoms with E-state index in [1.54, 1.807) is 0 Å². The van der Waals surface area contributed by atoms with Gasteiger partial charge in [0.1, 0.15) is 0 Å². The van der Waals surface area contributed by atoms with Crippen LogP contribution in [0.3, 0.4) is 0 Å². The normalized spacial score (nSPS) is 15.3. The molecule has 0 saturated heterocycles. The van der Waals surface area contributed by atoms with Gasteiger partial charge in [-0.3, -0.25) is 4.79 Å². The Labute approximate surface area is 115 Å². The Morgan fingerprint density at radius 3 is 2.95 bits per heavy atom. The van der Waals surface area contributed by atoms with Gasteiger partial charge in [-0.15, -0.1) is 0 Å². The maximum atomic E-state index is 12.7. The zero-order chi connectivity index (χ0) is 13.9. The summed E-state index contributed by atoms with van der Waals surface area (Å²) >= 11 is 0. The van der Waals surface area contributed by atoms with Crippen LogP contribution in [0.25, 0.3) is 22.0 Å². The van der Waals surface area contributed by atoms with E-state index in [0.717, 1.165) is 29.3 Å². The van der Waals surface area contributed by atoms with Crippen LogP contribution < -0.4 is 11.3 Å². The van der Waals surface area contributed by atoms with Crippen molar-refractivity contribution in [2.24, 2.45) is 5.73 Å². The van der Waals surface area contributed by atoms with E-state index in [0.29, 0.717) is 23.0 Å². The third-order valence-electron chi connectivity index (χ3n) is 3.90. The molecule has 5 nitrogen and oxygen atoms in total. The molecule has 0 amide bonds. The Kier molecular flexibility index (Phi) is 2.29. The number of rotatable bonds is 2. The number of para-hydroxylation sites is 1. The van der Waals surface area contributed by atoms with Crippen molar-refractivity contribution < 1.29 is 4.42 Å². The number of oxazole rings is 1. The second-order valence-electron chi connectivity index (χ2n) is 5.37. The molecule has 1 aliphatic carbocycles. The van der Waals surface area contributed by atoms with Crippen LogP contribution in [0.1, 0.15) is 30.3 Å². The highest BCUT2D eigenvalue weighted by Gasteiger charge is 2.29. The average Bonchev–Trinajstić information content (AvgIpc) is 3.17. The first kappa shape index (κ1) is 11.7. The zero-order valence-electron chi connectivity index (χ0n) is 11.2. The molecule has 5 heteroatoms. The summed E-state index contributed by atoms with van der Waals surface area (Å²) in [6, 6.07) is 6.28. The van der Waals surface area contributed by atoms with Gasteiger partial charge in [0.15, 0.2) is 11.1 Å². The van der Waals surface area contributed by atoms with Crippen molar-refractivity contribution >= 4 is 22.0 Å². The predicted octanol–water partition coefficient (Wildman–Crippen LogP) is 2.24. The van der Waals surface area contributed by atoms with Crippen LogP contribution in [0.15, 0.2) is 27.4 Å². The molecule has 1 aliphatic rings. The fourth-order valence-electron chi connectivity index (χ4n) is 2.84. The van der Waals surface area contributed by atoms with E-state index < -0.39 is 0 Å². The molecule has 0 unspecified atom stereocenters. The Bertz CT molecular complexity index is 887. The largest absolute Gasteiger partial charge is 0.438 e. The smallest absolute Gasteiger partial charge is 0.281 e. The number of fused-ring (bicyclic) bond motifs is 3. The first-order chi connectivity index (χ1) is 9.70. The maximum absolute atomic E-state index is 12.7. The van der Waals surface area contributed by atoms with E-state index in [-0.39, 0.29) is 12.1 Å². The van der Waals surface area contributed by atoms with Gasteiger partial charge in [-0.05, 0) is 31.4 Å². The molecule has 3 aromatic rings. The average molecular weight is 269 g/mol. The van der Waals surface area contributed by atoms with Gasteiger partial charge in [-0.25, -0.2) is 4.98 Å². The minimum absolute atomic E-state index is 0.0623. The molecule has 1 aromatic carbocycles. The van der Waals surface area contributed by atoms with Crippen LogP contribution in [0.2, 0.25) is 0 Å². The van der Waals surface area contributed by atoms with Gasteiger partial charge in [0.2, 0.25) is 5.89 Å². The third-order valence-corrected chi connectivity index (χ3v) is 3.90. The monoisotopic (exact) mass is 269 g/mol. The van der Waals surface area contributed by atoms with Crippen molar-refractivity contribution in [1.82, 2.24) is 9.55 Å². The summed E-state index contributed by atoms with van der Waals surface area (Å²) in [6.45, 7) is 2.22. The lowest BCUT2D eigenvalue weighted by atomic mass is 10.1. The topological polar surface area (TPSA) is 74.1 Å². The number of aryl methyl sites for hydroxylation is 1. The summed E-state index contributed by atoms with van der Waals surface area (Å²) in [5.74, 6) is 0.411. The number of pyridine rings is 1. The SMILES string of the molecule is Cc1cccc2c3oc(CN)nc3c(=O)n(C3CC3)c12. The quantitative estimate of drug-likeness (QED) is 0.774. The molecule has 1 fully saturated rings. The standard InChI is InChI=1S/C15H15N3O2/c1-8-3-2-4-10-13(8)18(9-5-6-9)15(19)12-14(10)20-11(7-16)17-12/h2-4,9H,5-7,16H2,1H3. The summed E-state index contributed by atoms with van der Waals surface area (Å²) < 4.78 is 7.56. The molecule has 4 rings (SSSR count). The van der Waals surface area contributed by atoms with E-state index in [4.69, 9.17) is 10.2 Å². The molecule has 0 bridgehead atoms. The van der Waals surface area contributed by atoms with Crippen LogP contribution in [-0.4, -0.2) is 9.55 Å². The summed E-state index contributed by atoms with van der Waals surface area (Å²) in [5.41, 5.74) is 8.53. The first-order valence-corrected chi connectivity index (χ1v) is 6.84. The number of aromatic nitrogens is 2. The van der Waals surface area contributed by atoms with Crippen molar-refractivity contribution in [3.8, 4) is 0 Å². The Morgan fingerprint density at radius 2 is 2.25 bits per heavy atom. The van der Waals surface area contributed by atoms with Gasteiger partial charge >= 0.3 is 0 Å². The number of nitrogens with two attached hydrogens (primary N) is 1. The molecule has 2 heterocycles. The Hall–Kier alpha value is -2.14. The molecule has 1 saturated carbocycles. The van der Waals surface area contributed by atoms with Crippen LogP contribution >= 0.6 is 0 Å². The van der Waals surface area contributed by atoms with Gasteiger partial charge in [0.05, 0.1) is 12.1 Å². The molecule has 2 aromatic heterocycles. The fraction of sp³-hybridized carbons (Fsp3) is 0.333. The van der Waals surface area contributed by atoms with Crippen molar-refractivity contribution in [3.05, 3.63) is 40.0 Å². The summed E-state index contributed by atoms with van der Waals surface area (Å²) in [7, 11) is 0. The molecule has 20 heavy (non-hydrogen) atoms. The van der Waals surface area contributed by atoms with E-state index in [9.17, 15) is 4.79 Å². The number of benzene rings is 1. The minimum atomic E-state index is -0.0623. The van der Waals surface area contributed by atoms with Gasteiger partial charge in [-0.2, -0.15) is 0 Å². The summed E-state index contributed by atoms with van der Waals surface area (Å²) in [5, 5.41) is 0.943. The number of hydrogen-bond donors (Lipinski definition) is 1. The van der Waals surface area contributed by atoms with Gasteiger partial charge in [0, 0.05) is 11.4 Å². The zero-order valence-corrected chi connectivity index (χ0v) is 11.2. The molecule has 0 spiro atoms. The molecular formula is C15H15N3O2. The second kappa shape index (κ2) is 3.93. The molecule has 0 radical (unpaired) electrons. The van der Waals surface area contributed by atoms with Crippen molar-refractivity contribution in [1.29, 1.82) is 0 Å². The maximum Gasteiger partial charge on any atom is 0.281 e. The molecule has 0 atom stereocenters.